The molecule has 0 radical (unpaired) electrons. The Bertz CT molecular complexity index is 336. The molecule has 0 N–H and O–H groups in total. The van der Waals surface area contributed by atoms with Crippen LogP contribution in [0.25, 0.3) is 0 Å². The van der Waals surface area contributed by atoms with Gasteiger partial charge in [0, 0.05) is 25.2 Å². The van der Waals surface area contributed by atoms with Gasteiger partial charge >= 0.3 is 0 Å². The number of fused-ring (bicyclic) bond motifs is 1. The molecule has 0 aromatic carbocycles. The van der Waals surface area contributed by atoms with Crippen LogP contribution < -0.4 is 0 Å². The van der Waals surface area contributed by atoms with Gasteiger partial charge in [-0.1, -0.05) is 11.6 Å². The Morgan fingerprint density at radius 2 is 2.31 bits per heavy atom. The van der Waals surface area contributed by atoms with Gasteiger partial charge in [-0.2, -0.15) is 0 Å². The molecule has 1 aromatic heterocycles. The fourth-order valence-electron chi connectivity index (χ4n) is 1.69. The lowest BCUT2D eigenvalue weighted by Gasteiger charge is -2.24. The number of rotatable bonds is 0. The molecule has 1 aliphatic heterocycles. The van der Waals surface area contributed by atoms with E-state index in [0.29, 0.717) is 0 Å². The first-order valence-electron chi connectivity index (χ1n) is 4.50. The lowest BCUT2D eigenvalue weighted by atomic mass is 10.1. The van der Waals surface area contributed by atoms with Crippen molar-refractivity contribution in [1.82, 2.24) is 9.88 Å². The summed E-state index contributed by atoms with van der Waals surface area (Å²) in [6.07, 6.45) is 1.05. The van der Waals surface area contributed by atoms with Crippen LogP contribution in [0, 0.1) is 6.92 Å². The molecule has 0 unspecified atom stereocenters. The van der Waals surface area contributed by atoms with Gasteiger partial charge in [0.05, 0.1) is 10.7 Å². The molecule has 2 rings (SSSR count). The summed E-state index contributed by atoms with van der Waals surface area (Å²) in [4.78, 5) is 6.78. The molecule has 2 nitrogen and oxygen atoms in total. The summed E-state index contributed by atoms with van der Waals surface area (Å²) in [7, 11) is 2.12. The third kappa shape index (κ3) is 1.69. The average molecular weight is 197 g/mol. The molecule has 2 heterocycles. The van der Waals surface area contributed by atoms with Crippen molar-refractivity contribution in [2.45, 2.75) is 19.9 Å². The summed E-state index contributed by atoms with van der Waals surface area (Å²) in [5.74, 6) is 0. The van der Waals surface area contributed by atoms with Crippen LogP contribution in [0.3, 0.4) is 0 Å². The molecule has 0 atom stereocenters. The SMILES string of the molecule is Cc1nc2c(cc1Cl)CN(C)CC2. The molecule has 0 aliphatic carbocycles. The van der Waals surface area contributed by atoms with Crippen molar-refractivity contribution < 1.29 is 0 Å². The number of pyridine rings is 1. The van der Waals surface area contributed by atoms with Crippen LogP contribution in [0.2, 0.25) is 5.02 Å². The highest BCUT2D eigenvalue weighted by molar-refractivity contribution is 6.31. The number of nitrogens with zero attached hydrogens (tertiary/aromatic N) is 2. The first kappa shape index (κ1) is 8.97. The first-order valence-corrected chi connectivity index (χ1v) is 4.88. The Hall–Kier alpha value is -0.600. The number of aryl methyl sites for hydroxylation is 1. The third-order valence-electron chi connectivity index (χ3n) is 2.49. The van der Waals surface area contributed by atoms with E-state index in [1.807, 2.05) is 6.92 Å². The molecule has 1 aliphatic rings. The van der Waals surface area contributed by atoms with E-state index in [4.69, 9.17) is 11.6 Å². The maximum absolute atomic E-state index is 6.01. The highest BCUT2D eigenvalue weighted by atomic mass is 35.5. The van der Waals surface area contributed by atoms with Crippen LogP contribution in [0.5, 0.6) is 0 Å². The Labute approximate surface area is 83.5 Å². The molecule has 0 amide bonds. The van der Waals surface area contributed by atoms with Gasteiger partial charge in [0.15, 0.2) is 0 Å². The molecule has 3 heteroatoms. The van der Waals surface area contributed by atoms with Crippen molar-refractivity contribution in [2.75, 3.05) is 13.6 Å². The second kappa shape index (κ2) is 3.28. The first-order chi connectivity index (χ1) is 6.16. The van der Waals surface area contributed by atoms with Crippen molar-refractivity contribution in [3.05, 3.63) is 28.0 Å². The van der Waals surface area contributed by atoms with Crippen molar-refractivity contribution in [2.24, 2.45) is 0 Å². The summed E-state index contributed by atoms with van der Waals surface area (Å²) < 4.78 is 0. The van der Waals surface area contributed by atoms with Crippen LogP contribution in [0.1, 0.15) is 17.0 Å². The molecular weight excluding hydrogens is 184 g/mol. The Morgan fingerprint density at radius 3 is 3.08 bits per heavy atom. The predicted molar refractivity (Wildman–Crippen MR) is 54.0 cm³/mol. The number of aromatic nitrogens is 1. The van der Waals surface area contributed by atoms with E-state index in [9.17, 15) is 0 Å². The smallest absolute Gasteiger partial charge is 0.0622 e. The molecule has 0 saturated carbocycles. The van der Waals surface area contributed by atoms with E-state index >= 15 is 0 Å². The molecule has 0 bridgehead atoms. The molecule has 0 saturated heterocycles. The second-order valence-electron chi connectivity index (χ2n) is 3.65. The van der Waals surface area contributed by atoms with Gasteiger partial charge in [-0.05, 0) is 25.6 Å². The van der Waals surface area contributed by atoms with Crippen LogP contribution >= 0.6 is 11.6 Å². The quantitative estimate of drug-likeness (QED) is 0.631. The van der Waals surface area contributed by atoms with E-state index in [1.54, 1.807) is 0 Å². The standard InChI is InChI=1S/C10H13ClN2/c1-7-9(11)5-8-6-13(2)4-3-10(8)12-7/h5H,3-4,6H2,1-2H3. The van der Waals surface area contributed by atoms with Gasteiger partial charge in [-0.3, -0.25) is 4.98 Å². The van der Waals surface area contributed by atoms with Gasteiger partial charge in [0.25, 0.3) is 0 Å². The molecule has 13 heavy (non-hydrogen) atoms. The molecule has 0 fully saturated rings. The summed E-state index contributed by atoms with van der Waals surface area (Å²) in [6, 6.07) is 2.05. The minimum absolute atomic E-state index is 0.786. The molecule has 0 spiro atoms. The average Bonchev–Trinajstić information content (AvgIpc) is 2.08. The third-order valence-corrected chi connectivity index (χ3v) is 2.87. The van der Waals surface area contributed by atoms with Gasteiger partial charge in [0.1, 0.15) is 0 Å². The largest absolute Gasteiger partial charge is 0.302 e. The van der Waals surface area contributed by atoms with Crippen LogP contribution in [-0.4, -0.2) is 23.5 Å². The zero-order valence-electron chi connectivity index (χ0n) is 7.97. The fraction of sp³-hybridized carbons (Fsp3) is 0.500. The highest BCUT2D eigenvalue weighted by Gasteiger charge is 2.15. The van der Waals surface area contributed by atoms with Crippen molar-refractivity contribution in [1.29, 1.82) is 0 Å². The number of hydrogen-bond donors (Lipinski definition) is 0. The maximum Gasteiger partial charge on any atom is 0.0622 e. The summed E-state index contributed by atoms with van der Waals surface area (Å²) in [6.45, 7) is 4.03. The number of halogens is 1. The van der Waals surface area contributed by atoms with Gasteiger partial charge in [-0.25, -0.2) is 0 Å². The van der Waals surface area contributed by atoms with Crippen molar-refractivity contribution in [3.63, 3.8) is 0 Å². The van der Waals surface area contributed by atoms with E-state index in [-0.39, 0.29) is 0 Å². The minimum atomic E-state index is 0.786. The zero-order valence-corrected chi connectivity index (χ0v) is 8.73. The summed E-state index contributed by atoms with van der Waals surface area (Å²) in [5.41, 5.74) is 3.45. The molecule has 1 aromatic rings. The van der Waals surface area contributed by atoms with Gasteiger partial charge in [0.2, 0.25) is 0 Å². The topological polar surface area (TPSA) is 16.1 Å². The fourth-order valence-corrected chi connectivity index (χ4v) is 1.86. The van der Waals surface area contributed by atoms with Crippen LogP contribution in [-0.2, 0) is 13.0 Å². The lowest BCUT2D eigenvalue weighted by Crippen LogP contribution is -2.27. The number of likely N-dealkylation sites (N-methyl/N-ethyl adjacent to an activating group) is 1. The monoisotopic (exact) mass is 196 g/mol. The Morgan fingerprint density at radius 1 is 1.54 bits per heavy atom. The van der Waals surface area contributed by atoms with Crippen LogP contribution in [0.4, 0.5) is 0 Å². The lowest BCUT2D eigenvalue weighted by molar-refractivity contribution is 0.309. The normalized spacial score (nSPS) is 17.2. The maximum atomic E-state index is 6.01. The van der Waals surface area contributed by atoms with E-state index < -0.39 is 0 Å². The summed E-state index contributed by atoms with van der Waals surface area (Å²) in [5, 5.41) is 0.786. The highest BCUT2D eigenvalue weighted by Crippen LogP contribution is 2.22. The van der Waals surface area contributed by atoms with Gasteiger partial charge < -0.3 is 4.90 Å². The van der Waals surface area contributed by atoms with E-state index in [1.165, 1.54) is 11.3 Å². The van der Waals surface area contributed by atoms with Gasteiger partial charge in [-0.15, -0.1) is 0 Å². The Balaban J connectivity index is 2.43. The van der Waals surface area contributed by atoms with Crippen LogP contribution in [0.15, 0.2) is 6.07 Å². The second-order valence-corrected chi connectivity index (χ2v) is 4.06. The predicted octanol–water partition coefficient (Wildman–Crippen LogP) is 2.03. The summed E-state index contributed by atoms with van der Waals surface area (Å²) >= 11 is 6.01. The molecule has 70 valence electrons. The molecular formula is C10H13ClN2. The van der Waals surface area contributed by atoms with Crippen molar-refractivity contribution >= 4 is 11.6 Å². The van der Waals surface area contributed by atoms with Crippen molar-refractivity contribution in [3.8, 4) is 0 Å². The zero-order chi connectivity index (χ0) is 9.42. The Kier molecular flexibility index (Phi) is 2.26. The number of hydrogen-bond acceptors (Lipinski definition) is 2. The van der Waals surface area contributed by atoms with E-state index in [2.05, 4.69) is 23.0 Å². The minimum Gasteiger partial charge on any atom is -0.302 e. The van der Waals surface area contributed by atoms with E-state index in [0.717, 1.165) is 30.2 Å².